The first-order valence-electron chi connectivity index (χ1n) is 7.86. The number of nitrogens with zero attached hydrogens (tertiary/aromatic N) is 1. The van der Waals surface area contributed by atoms with Crippen molar-refractivity contribution in [2.24, 2.45) is 0 Å². The third-order valence-electron chi connectivity index (χ3n) is 3.82. The predicted molar refractivity (Wildman–Crippen MR) is 97.8 cm³/mol. The van der Waals surface area contributed by atoms with Gasteiger partial charge < -0.3 is 4.52 Å². The number of aromatic nitrogens is 1. The highest BCUT2D eigenvalue weighted by Crippen LogP contribution is 2.30. The van der Waals surface area contributed by atoms with Gasteiger partial charge in [-0.25, -0.2) is 0 Å². The third-order valence-corrected chi connectivity index (χ3v) is 4.15. The molecule has 0 unspecified atom stereocenters. The van der Waals surface area contributed by atoms with Crippen molar-refractivity contribution < 1.29 is 14.1 Å². The van der Waals surface area contributed by atoms with Gasteiger partial charge in [0.25, 0.3) is 11.8 Å². The van der Waals surface area contributed by atoms with Crippen molar-refractivity contribution in [3.8, 4) is 11.3 Å². The molecule has 3 aromatic rings. The summed E-state index contributed by atoms with van der Waals surface area (Å²) in [7, 11) is 0. The summed E-state index contributed by atoms with van der Waals surface area (Å²) in [5, 5.41) is 4.37. The summed E-state index contributed by atoms with van der Waals surface area (Å²) in [6.45, 7) is 3.54. The Balaban J connectivity index is 1.79. The Morgan fingerprint density at radius 3 is 2.31 bits per heavy atom. The molecule has 0 aliphatic rings. The van der Waals surface area contributed by atoms with Crippen molar-refractivity contribution in [2.45, 2.75) is 13.8 Å². The van der Waals surface area contributed by atoms with Crippen LogP contribution in [0.4, 0.5) is 0 Å². The van der Waals surface area contributed by atoms with Crippen LogP contribution in [0, 0.1) is 13.8 Å². The Labute approximate surface area is 155 Å². The number of hydrazine groups is 1. The van der Waals surface area contributed by atoms with Crippen LogP contribution in [-0.4, -0.2) is 17.0 Å². The van der Waals surface area contributed by atoms with Gasteiger partial charge in [0.05, 0.1) is 5.02 Å². The standard InChI is InChI=1S/C19H16ClN3O3/c1-11-7-9-13(10-8-11)18(24)21-22-19(25)16-12(2)26-23-17(16)14-5-3-4-6-15(14)20/h3-10H,1-2H3,(H,21,24)(H,22,25). The largest absolute Gasteiger partial charge is 0.360 e. The van der Waals surface area contributed by atoms with E-state index in [-0.39, 0.29) is 5.56 Å². The van der Waals surface area contributed by atoms with Crippen LogP contribution >= 0.6 is 11.6 Å². The molecule has 2 amide bonds. The molecule has 7 heteroatoms. The fourth-order valence-electron chi connectivity index (χ4n) is 2.43. The summed E-state index contributed by atoms with van der Waals surface area (Å²) >= 11 is 6.18. The summed E-state index contributed by atoms with van der Waals surface area (Å²) in [6.07, 6.45) is 0. The van der Waals surface area contributed by atoms with Crippen LogP contribution in [-0.2, 0) is 0 Å². The molecule has 0 bridgehead atoms. The number of amides is 2. The number of carbonyl (C=O) groups excluding carboxylic acids is 2. The van der Waals surface area contributed by atoms with Crippen LogP contribution in [0.5, 0.6) is 0 Å². The fraction of sp³-hybridized carbons (Fsp3) is 0.105. The number of aryl methyl sites for hydroxylation is 2. The summed E-state index contributed by atoms with van der Waals surface area (Å²) in [5.41, 5.74) is 7.34. The van der Waals surface area contributed by atoms with Crippen molar-refractivity contribution in [2.75, 3.05) is 0 Å². The number of benzene rings is 2. The number of carbonyl (C=O) groups is 2. The molecule has 0 saturated carbocycles. The number of hydrogen-bond donors (Lipinski definition) is 2. The molecule has 6 nitrogen and oxygen atoms in total. The lowest BCUT2D eigenvalue weighted by atomic mass is 10.1. The SMILES string of the molecule is Cc1ccc(C(=O)NNC(=O)c2c(-c3ccccc3Cl)noc2C)cc1. The van der Waals surface area contributed by atoms with Gasteiger partial charge in [-0.3, -0.25) is 20.4 Å². The topological polar surface area (TPSA) is 84.2 Å². The Kier molecular flexibility index (Phi) is 5.04. The monoisotopic (exact) mass is 369 g/mol. The van der Waals surface area contributed by atoms with Gasteiger partial charge in [-0.2, -0.15) is 0 Å². The average Bonchev–Trinajstić information content (AvgIpc) is 3.02. The minimum absolute atomic E-state index is 0.210. The van der Waals surface area contributed by atoms with Crippen LogP contribution < -0.4 is 10.9 Å². The molecule has 132 valence electrons. The lowest BCUT2D eigenvalue weighted by Gasteiger charge is -2.08. The van der Waals surface area contributed by atoms with Gasteiger partial charge in [0, 0.05) is 11.1 Å². The van der Waals surface area contributed by atoms with Crippen LogP contribution in [0.2, 0.25) is 5.02 Å². The molecule has 1 aromatic heterocycles. The second-order valence-electron chi connectivity index (χ2n) is 5.72. The second-order valence-corrected chi connectivity index (χ2v) is 6.12. The molecule has 3 rings (SSSR count). The lowest BCUT2D eigenvalue weighted by Crippen LogP contribution is -2.41. The maximum absolute atomic E-state index is 12.6. The van der Waals surface area contributed by atoms with E-state index in [0.717, 1.165) is 5.56 Å². The highest BCUT2D eigenvalue weighted by atomic mass is 35.5. The highest BCUT2D eigenvalue weighted by molar-refractivity contribution is 6.33. The zero-order valence-corrected chi connectivity index (χ0v) is 14.9. The molecule has 0 radical (unpaired) electrons. The van der Waals surface area contributed by atoms with Gasteiger partial charge in [-0.15, -0.1) is 0 Å². The molecule has 2 N–H and O–H groups in total. The number of hydrogen-bond acceptors (Lipinski definition) is 4. The lowest BCUT2D eigenvalue weighted by molar-refractivity contribution is 0.0846. The fourth-order valence-corrected chi connectivity index (χ4v) is 2.66. The van der Waals surface area contributed by atoms with E-state index in [1.807, 2.05) is 19.1 Å². The van der Waals surface area contributed by atoms with Crippen molar-refractivity contribution in [1.82, 2.24) is 16.0 Å². The van der Waals surface area contributed by atoms with Crippen molar-refractivity contribution in [1.29, 1.82) is 0 Å². The van der Waals surface area contributed by atoms with Crippen LogP contribution in [0.25, 0.3) is 11.3 Å². The van der Waals surface area contributed by atoms with E-state index in [9.17, 15) is 9.59 Å². The zero-order chi connectivity index (χ0) is 18.7. The van der Waals surface area contributed by atoms with E-state index < -0.39 is 11.8 Å². The van der Waals surface area contributed by atoms with Crippen molar-refractivity contribution in [3.63, 3.8) is 0 Å². The molecule has 0 spiro atoms. The molecule has 0 fully saturated rings. The van der Waals surface area contributed by atoms with Crippen LogP contribution in [0.3, 0.4) is 0 Å². The Hall–Kier alpha value is -3.12. The maximum atomic E-state index is 12.6. The molecule has 0 aliphatic carbocycles. The molecular weight excluding hydrogens is 354 g/mol. The number of halogens is 1. The highest BCUT2D eigenvalue weighted by Gasteiger charge is 2.23. The summed E-state index contributed by atoms with van der Waals surface area (Å²) in [6, 6.07) is 14.0. The Morgan fingerprint density at radius 2 is 1.62 bits per heavy atom. The third kappa shape index (κ3) is 3.60. The first-order chi connectivity index (χ1) is 12.5. The van der Waals surface area contributed by atoms with E-state index >= 15 is 0 Å². The Bertz CT molecular complexity index is 964. The first-order valence-corrected chi connectivity index (χ1v) is 8.23. The van der Waals surface area contributed by atoms with E-state index in [1.165, 1.54) is 0 Å². The van der Waals surface area contributed by atoms with Gasteiger partial charge in [0.15, 0.2) is 0 Å². The molecule has 26 heavy (non-hydrogen) atoms. The summed E-state index contributed by atoms with van der Waals surface area (Å²) in [4.78, 5) is 24.7. The number of rotatable bonds is 3. The number of nitrogens with one attached hydrogen (secondary N) is 2. The quantitative estimate of drug-likeness (QED) is 0.689. The van der Waals surface area contributed by atoms with E-state index in [2.05, 4.69) is 16.0 Å². The molecular formula is C19H16ClN3O3. The molecule has 0 atom stereocenters. The minimum atomic E-state index is -0.542. The van der Waals surface area contributed by atoms with E-state index in [0.29, 0.717) is 27.6 Å². The van der Waals surface area contributed by atoms with Gasteiger partial charge in [0.2, 0.25) is 0 Å². The smallest absolute Gasteiger partial charge is 0.275 e. The molecule has 2 aromatic carbocycles. The first kappa shape index (κ1) is 17.7. The van der Waals surface area contributed by atoms with Gasteiger partial charge >= 0.3 is 0 Å². The predicted octanol–water partition coefficient (Wildman–Crippen LogP) is 3.69. The van der Waals surface area contributed by atoms with Crippen LogP contribution in [0.1, 0.15) is 32.0 Å². The average molecular weight is 370 g/mol. The van der Waals surface area contributed by atoms with Gasteiger partial charge in [0.1, 0.15) is 17.0 Å². The van der Waals surface area contributed by atoms with Crippen LogP contribution in [0.15, 0.2) is 53.1 Å². The second kappa shape index (κ2) is 7.41. The molecule has 1 heterocycles. The minimum Gasteiger partial charge on any atom is -0.360 e. The Morgan fingerprint density at radius 1 is 0.962 bits per heavy atom. The summed E-state index contributed by atoms with van der Waals surface area (Å²) < 4.78 is 5.15. The van der Waals surface area contributed by atoms with Crippen molar-refractivity contribution >= 4 is 23.4 Å². The normalized spacial score (nSPS) is 10.4. The summed E-state index contributed by atoms with van der Waals surface area (Å²) in [5.74, 6) is -0.645. The van der Waals surface area contributed by atoms with Gasteiger partial charge in [-0.1, -0.05) is 52.7 Å². The maximum Gasteiger partial charge on any atom is 0.275 e. The van der Waals surface area contributed by atoms with Crippen molar-refractivity contribution in [3.05, 3.63) is 76.0 Å². The molecule has 0 saturated heterocycles. The zero-order valence-electron chi connectivity index (χ0n) is 14.2. The molecule has 0 aliphatic heterocycles. The van der Waals surface area contributed by atoms with Gasteiger partial charge in [-0.05, 0) is 32.0 Å². The van der Waals surface area contributed by atoms with E-state index in [1.54, 1.807) is 43.3 Å². The van der Waals surface area contributed by atoms with E-state index in [4.69, 9.17) is 16.1 Å².